The van der Waals surface area contributed by atoms with Crippen LogP contribution in [0.15, 0.2) is 36.9 Å². The Bertz CT molecular complexity index is 781. The molecule has 0 spiro atoms. The molecule has 0 saturated heterocycles. The van der Waals surface area contributed by atoms with Crippen LogP contribution in [-0.2, 0) is 4.65 Å². The predicted molar refractivity (Wildman–Crippen MR) is 89.2 cm³/mol. The molecule has 1 N–H and O–H groups in total. The van der Waals surface area contributed by atoms with Crippen LogP contribution in [-0.4, -0.2) is 30.8 Å². The number of methoxy groups -OCH3 is 1. The summed E-state index contributed by atoms with van der Waals surface area (Å²) in [5.74, 6) is -0.0641. The van der Waals surface area contributed by atoms with Crippen LogP contribution in [0, 0.1) is 5.82 Å². The molecule has 3 rings (SSSR count). The standard InChI is InChI=1S/C17H17BFNO4/c1-3-23-17-15(22-2)5-4-14(16(17)19)12-6-11(8-20-9-12)13-7-18(21)24-10-13/h4-6,8-10,21H,3,7H2,1-2H3. The molecule has 0 fully saturated rings. The molecule has 0 unspecified atom stereocenters. The molecule has 0 atom stereocenters. The minimum absolute atomic E-state index is 0.0849. The maximum Gasteiger partial charge on any atom is 0.526 e. The minimum Gasteiger partial charge on any atom is -0.542 e. The van der Waals surface area contributed by atoms with E-state index in [1.54, 1.807) is 37.5 Å². The van der Waals surface area contributed by atoms with Crippen molar-refractivity contribution in [3.8, 4) is 22.6 Å². The highest BCUT2D eigenvalue weighted by molar-refractivity contribution is 6.47. The van der Waals surface area contributed by atoms with Gasteiger partial charge in [0.25, 0.3) is 0 Å². The summed E-state index contributed by atoms with van der Waals surface area (Å²) < 4.78 is 30.4. The van der Waals surface area contributed by atoms with Crippen LogP contribution in [0.4, 0.5) is 4.39 Å². The van der Waals surface area contributed by atoms with E-state index in [0.29, 0.717) is 29.8 Å². The van der Waals surface area contributed by atoms with Gasteiger partial charge in [-0.2, -0.15) is 0 Å². The molecular formula is C17H17BFNO4. The number of hydrogen-bond donors (Lipinski definition) is 1. The molecule has 0 bridgehead atoms. The molecule has 24 heavy (non-hydrogen) atoms. The van der Waals surface area contributed by atoms with Gasteiger partial charge in [-0.15, -0.1) is 0 Å². The number of rotatable bonds is 5. The van der Waals surface area contributed by atoms with E-state index in [-0.39, 0.29) is 5.75 Å². The minimum atomic E-state index is -0.842. The number of halogens is 1. The third kappa shape index (κ3) is 3.07. The van der Waals surface area contributed by atoms with Gasteiger partial charge in [-0.05, 0) is 36.3 Å². The van der Waals surface area contributed by atoms with Crippen molar-refractivity contribution in [2.75, 3.05) is 13.7 Å². The number of ether oxygens (including phenoxy) is 2. The predicted octanol–water partition coefficient (Wildman–Crippen LogP) is 3.15. The van der Waals surface area contributed by atoms with Gasteiger partial charge in [-0.1, -0.05) is 0 Å². The summed E-state index contributed by atoms with van der Waals surface area (Å²) in [6, 6.07) is 5.10. The molecule has 7 heteroatoms. The van der Waals surface area contributed by atoms with E-state index in [0.717, 1.165) is 11.1 Å². The van der Waals surface area contributed by atoms with E-state index in [4.69, 9.17) is 14.1 Å². The lowest BCUT2D eigenvalue weighted by Crippen LogP contribution is -2.08. The highest BCUT2D eigenvalue weighted by atomic mass is 19.1. The zero-order chi connectivity index (χ0) is 17.1. The van der Waals surface area contributed by atoms with Crippen molar-refractivity contribution in [3.63, 3.8) is 0 Å². The Hall–Kier alpha value is -2.54. The Kier molecular flexibility index (Phi) is 4.71. The zero-order valence-electron chi connectivity index (χ0n) is 13.5. The molecule has 0 amide bonds. The van der Waals surface area contributed by atoms with Crippen molar-refractivity contribution in [2.45, 2.75) is 13.2 Å². The van der Waals surface area contributed by atoms with Crippen molar-refractivity contribution in [1.29, 1.82) is 0 Å². The van der Waals surface area contributed by atoms with Crippen LogP contribution in [0.5, 0.6) is 11.5 Å². The molecule has 1 aliphatic heterocycles. The molecule has 5 nitrogen and oxygen atoms in total. The van der Waals surface area contributed by atoms with Crippen LogP contribution in [0.1, 0.15) is 12.5 Å². The van der Waals surface area contributed by atoms with E-state index in [2.05, 4.69) is 4.98 Å². The van der Waals surface area contributed by atoms with E-state index < -0.39 is 12.9 Å². The van der Waals surface area contributed by atoms with Gasteiger partial charge in [-0.3, -0.25) is 4.98 Å². The normalized spacial score (nSPS) is 13.5. The van der Waals surface area contributed by atoms with E-state index >= 15 is 0 Å². The van der Waals surface area contributed by atoms with Gasteiger partial charge in [0.2, 0.25) is 0 Å². The van der Waals surface area contributed by atoms with Crippen LogP contribution >= 0.6 is 0 Å². The molecule has 1 aromatic heterocycles. The first kappa shape index (κ1) is 16.3. The summed E-state index contributed by atoms with van der Waals surface area (Å²) in [5, 5.41) is 9.46. The first-order valence-electron chi connectivity index (χ1n) is 7.61. The number of aromatic nitrogens is 1. The molecule has 0 radical (unpaired) electrons. The van der Waals surface area contributed by atoms with Gasteiger partial charge in [0.1, 0.15) is 0 Å². The lowest BCUT2D eigenvalue weighted by atomic mass is 9.82. The highest BCUT2D eigenvalue weighted by Gasteiger charge is 2.24. The molecule has 0 aliphatic carbocycles. The Morgan fingerprint density at radius 1 is 1.33 bits per heavy atom. The number of allylic oxidation sites excluding steroid dienone is 1. The molecule has 2 aromatic rings. The molecule has 1 aromatic carbocycles. The Morgan fingerprint density at radius 2 is 2.12 bits per heavy atom. The third-order valence-electron chi connectivity index (χ3n) is 3.75. The Morgan fingerprint density at radius 3 is 2.79 bits per heavy atom. The fourth-order valence-corrected chi connectivity index (χ4v) is 2.59. The topological polar surface area (TPSA) is 60.8 Å². The summed E-state index contributed by atoms with van der Waals surface area (Å²) in [6.07, 6.45) is 5.11. The second-order valence-electron chi connectivity index (χ2n) is 5.29. The lowest BCUT2D eigenvalue weighted by Gasteiger charge is -2.13. The van der Waals surface area contributed by atoms with Crippen LogP contribution in [0.3, 0.4) is 0 Å². The van der Waals surface area contributed by atoms with Gasteiger partial charge >= 0.3 is 7.12 Å². The summed E-state index contributed by atoms with van der Waals surface area (Å²) in [5.41, 5.74) is 2.57. The largest absolute Gasteiger partial charge is 0.542 e. The van der Waals surface area contributed by atoms with Crippen molar-refractivity contribution in [3.05, 3.63) is 48.2 Å². The van der Waals surface area contributed by atoms with Crippen molar-refractivity contribution >= 4 is 12.7 Å². The fraction of sp³-hybridized carbons (Fsp3) is 0.235. The quantitative estimate of drug-likeness (QED) is 0.854. The van der Waals surface area contributed by atoms with E-state index in [1.807, 2.05) is 0 Å². The van der Waals surface area contributed by atoms with E-state index in [9.17, 15) is 9.41 Å². The smallest absolute Gasteiger partial charge is 0.526 e. The first-order valence-corrected chi connectivity index (χ1v) is 7.61. The molecule has 124 valence electrons. The molecule has 0 saturated carbocycles. The highest BCUT2D eigenvalue weighted by Crippen LogP contribution is 2.37. The molecule has 1 aliphatic rings. The van der Waals surface area contributed by atoms with Crippen LogP contribution in [0.2, 0.25) is 6.32 Å². The second kappa shape index (κ2) is 6.92. The summed E-state index contributed by atoms with van der Waals surface area (Å²) in [4.78, 5) is 4.17. The van der Waals surface area contributed by atoms with Gasteiger partial charge in [0.05, 0.1) is 20.0 Å². The van der Waals surface area contributed by atoms with Crippen molar-refractivity contribution < 1.29 is 23.5 Å². The second-order valence-corrected chi connectivity index (χ2v) is 5.29. The fourth-order valence-electron chi connectivity index (χ4n) is 2.59. The first-order chi connectivity index (χ1) is 11.6. The number of pyridine rings is 1. The summed E-state index contributed by atoms with van der Waals surface area (Å²) >= 11 is 0. The van der Waals surface area contributed by atoms with Crippen molar-refractivity contribution in [2.24, 2.45) is 0 Å². The van der Waals surface area contributed by atoms with Gasteiger partial charge < -0.3 is 19.2 Å². The molecule has 2 heterocycles. The SMILES string of the molecule is CCOc1c(OC)ccc(-c2cncc(C3=COB(O)C3)c2)c1F. The summed E-state index contributed by atoms with van der Waals surface area (Å²) in [6.45, 7) is 2.11. The van der Waals surface area contributed by atoms with Crippen LogP contribution in [0.25, 0.3) is 16.7 Å². The average Bonchev–Trinajstić information content (AvgIpc) is 3.03. The third-order valence-corrected chi connectivity index (χ3v) is 3.75. The van der Waals surface area contributed by atoms with Gasteiger partial charge in [-0.25, -0.2) is 4.39 Å². The Labute approximate surface area is 139 Å². The summed E-state index contributed by atoms with van der Waals surface area (Å²) in [7, 11) is 0.628. The van der Waals surface area contributed by atoms with Crippen molar-refractivity contribution in [1.82, 2.24) is 4.98 Å². The number of benzene rings is 1. The maximum atomic E-state index is 14.9. The average molecular weight is 329 g/mol. The number of nitrogens with zero attached hydrogens (tertiary/aromatic N) is 1. The lowest BCUT2D eigenvalue weighted by molar-refractivity contribution is 0.295. The monoisotopic (exact) mass is 329 g/mol. The van der Waals surface area contributed by atoms with Crippen LogP contribution < -0.4 is 9.47 Å². The Balaban J connectivity index is 2.02. The zero-order valence-corrected chi connectivity index (χ0v) is 13.5. The maximum absolute atomic E-state index is 14.9. The van der Waals surface area contributed by atoms with Gasteiger partial charge in [0, 0.05) is 29.8 Å². The van der Waals surface area contributed by atoms with E-state index in [1.165, 1.54) is 13.4 Å². The number of hydrogen-bond acceptors (Lipinski definition) is 5. The molecular weight excluding hydrogens is 312 g/mol. The van der Waals surface area contributed by atoms with Gasteiger partial charge in [0.15, 0.2) is 17.3 Å².